The molecule has 0 amide bonds. The zero-order valence-corrected chi connectivity index (χ0v) is 13.7. The van der Waals surface area contributed by atoms with Gasteiger partial charge in [-0.05, 0) is 31.2 Å². The molecule has 0 fully saturated rings. The molecule has 2 aromatic heterocycles. The van der Waals surface area contributed by atoms with Crippen molar-refractivity contribution >= 4 is 17.4 Å². The summed E-state index contributed by atoms with van der Waals surface area (Å²) in [4.78, 5) is 6.69. The third-order valence-corrected chi connectivity index (χ3v) is 3.51. The van der Waals surface area contributed by atoms with E-state index in [0.29, 0.717) is 24.2 Å². The standard InChI is InChI=1S/C16H22ClN3O/c1-11(2)18-9-15-14(17)7-8-16(19-15)20(4)10-13-6-5-12(3)21-13/h5-8,11,18H,9-10H2,1-4H3. The molecule has 0 saturated carbocycles. The Morgan fingerprint density at radius 2 is 2.05 bits per heavy atom. The van der Waals surface area contributed by atoms with E-state index in [4.69, 9.17) is 16.0 Å². The normalized spacial score (nSPS) is 11.1. The summed E-state index contributed by atoms with van der Waals surface area (Å²) in [5.41, 5.74) is 0.866. The van der Waals surface area contributed by atoms with Gasteiger partial charge in [0.25, 0.3) is 0 Å². The van der Waals surface area contributed by atoms with E-state index >= 15 is 0 Å². The SMILES string of the molecule is Cc1ccc(CN(C)c2ccc(Cl)c(CNC(C)C)n2)o1. The average Bonchev–Trinajstić information content (AvgIpc) is 2.83. The number of nitrogens with zero attached hydrogens (tertiary/aromatic N) is 2. The molecule has 0 aliphatic heterocycles. The number of pyridine rings is 1. The molecule has 0 radical (unpaired) electrons. The van der Waals surface area contributed by atoms with Crippen molar-refractivity contribution in [3.63, 3.8) is 0 Å². The number of rotatable bonds is 6. The first-order valence-corrected chi connectivity index (χ1v) is 7.48. The highest BCUT2D eigenvalue weighted by Gasteiger charge is 2.10. The highest BCUT2D eigenvalue weighted by atomic mass is 35.5. The van der Waals surface area contributed by atoms with Gasteiger partial charge < -0.3 is 14.6 Å². The number of halogens is 1. The van der Waals surface area contributed by atoms with Crippen LogP contribution in [-0.4, -0.2) is 18.1 Å². The molecule has 21 heavy (non-hydrogen) atoms. The van der Waals surface area contributed by atoms with Gasteiger partial charge in [-0.15, -0.1) is 0 Å². The molecule has 0 unspecified atom stereocenters. The quantitative estimate of drug-likeness (QED) is 0.882. The third kappa shape index (κ3) is 4.48. The van der Waals surface area contributed by atoms with Gasteiger partial charge in [0.15, 0.2) is 0 Å². The minimum atomic E-state index is 0.398. The van der Waals surface area contributed by atoms with E-state index in [-0.39, 0.29) is 0 Å². The lowest BCUT2D eigenvalue weighted by atomic mass is 10.3. The van der Waals surface area contributed by atoms with Gasteiger partial charge in [0, 0.05) is 19.6 Å². The molecular weight excluding hydrogens is 286 g/mol. The van der Waals surface area contributed by atoms with E-state index in [2.05, 4.69) is 24.1 Å². The largest absolute Gasteiger partial charge is 0.464 e. The first kappa shape index (κ1) is 15.9. The molecule has 0 atom stereocenters. The number of aryl methyl sites for hydroxylation is 1. The smallest absolute Gasteiger partial charge is 0.129 e. The molecule has 2 heterocycles. The summed E-state index contributed by atoms with van der Waals surface area (Å²) in [7, 11) is 1.99. The van der Waals surface area contributed by atoms with E-state index in [1.54, 1.807) is 0 Å². The van der Waals surface area contributed by atoms with Crippen molar-refractivity contribution in [1.82, 2.24) is 10.3 Å². The topological polar surface area (TPSA) is 41.3 Å². The zero-order chi connectivity index (χ0) is 15.4. The molecule has 5 heteroatoms. The molecule has 0 saturated heterocycles. The second kappa shape index (κ2) is 6.96. The number of nitrogens with one attached hydrogen (secondary N) is 1. The van der Waals surface area contributed by atoms with E-state index in [0.717, 1.165) is 23.0 Å². The van der Waals surface area contributed by atoms with Crippen molar-refractivity contribution in [2.75, 3.05) is 11.9 Å². The number of hydrogen-bond acceptors (Lipinski definition) is 4. The first-order chi connectivity index (χ1) is 9.95. The van der Waals surface area contributed by atoms with Gasteiger partial charge in [-0.2, -0.15) is 0 Å². The molecule has 1 N–H and O–H groups in total. The Hall–Kier alpha value is -1.52. The van der Waals surface area contributed by atoms with Crippen LogP contribution >= 0.6 is 11.6 Å². The van der Waals surface area contributed by atoms with E-state index in [1.807, 2.05) is 43.1 Å². The second-order valence-electron chi connectivity index (χ2n) is 5.50. The fraction of sp³-hybridized carbons (Fsp3) is 0.438. The van der Waals surface area contributed by atoms with Crippen LogP contribution in [0.25, 0.3) is 0 Å². The van der Waals surface area contributed by atoms with Crippen LogP contribution in [0.15, 0.2) is 28.7 Å². The lowest BCUT2D eigenvalue weighted by molar-refractivity contribution is 0.481. The number of aromatic nitrogens is 1. The highest BCUT2D eigenvalue weighted by Crippen LogP contribution is 2.20. The molecule has 2 rings (SSSR count). The Kier molecular flexibility index (Phi) is 5.26. The van der Waals surface area contributed by atoms with Gasteiger partial charge in [-0.25, -0.2) is 4.98 Å². The Bertz CT molecular complexity index is 595. The minimum Gasteiger partial charge on any atom is -0.464 e. The van der Waals surface area contributed by atoms with Gasteiger partial charge in [-0.1, -0.05) is 25.4 Å². The average molecular weight is 308 g/mol. The Morgan fingerprint density at radius 1 is 1.29 bits per heavy atom. The first-order valence-electron chi connectivity index (χ1n) is 7.11. The number of hydrogen-bond donors (Lipinski definition) is 1. The molecule has 114 valence electrons. The lowest BCUT2D eigenvalue weighted by Crippen LogP contribution is -2.23. The minimum absolute atomic E-state index is 0.398. The number of furan rings is 1. The van der Waals surface area contributed by atoms with Gasteiger partial charge in [0.05, 0.1) is 17.3 Å². The predicted molar refractivity (Wildman–Crippen MR) is 86.8 cm³/mol. The van der Waals surface area contributed by atoms with Crippen molar-refractivity contribution in [1.29, 1.82) is 0 Å². The fourth-order valence-corrected chi connectivity index (χ4v) is 2.17. The summed E-state index contributed by atoms with van der Waals surface area (Å²) >= 11 is 6.21. The van der Waals surface area contributed by atoms with E-state index in [9.17, 15) is 0 Å². The predicted octanol–water partition coefficient (Wildman–Crippen LogP) is 3.77. The van der Waals surface area contributed by atoms with Crippen LogP contribution in [0.3, 0.4) is 0 Å². The van der Waals surface area contributed by atoms with Gasteiger partial charge in [0.1, 0.15) is 17.3 Å². The molecule has 0 spiro atoms. The van der Waals surface area contributed by atoms with Crippen LogP contribution in [0.4, 0.5) is 5.82 Å². The van der Waals surface area contributed by atoms with Crippen LogP contribution in [0.5, 0.6) is 0 Å². The van der Waals surface area contributed by atoms with E-state index in [1.165, 1.54) is 0 Å². The second-order valence-corrected chi connectivity index (χ2v) is 5.91. The zero-order valence-electron chi connectivity index (χ0n) is 13.0. The molecule has 0 bridgehead atoms. The Balaban J connectivity index is 2.09. The van der Waals surface area contributed by atoms with Crippen molar-refractivity contribution in [3.05, 3.63) is 46.5 Å². The molecule has 2 aromatic rings. The summed E-state index contributed by atoms with van der Waals surface area (Å²) in [6.45, 7) is 7.49. The van der Waals surface area contributed by atoms with Crippen molar-refractivity contribution in [2.24, 2.45) is 0 Å². The summed E-state index contributed by atoms with van der Waals surface area (Å²) < 4.78 is 5.60. The van der Waals surface area contributed by atoms with Crippen LogP contribution in [0.1, 0.15) is 31.1 Å². The highest BCUT2D eigenvalue weighted by molar-refractivity contribution is 6.31. The monoisotopic (exact) mass is 307 g/mol. The van der Waals surface area contributed by atoms with Crippen molar-refractivity contribution in [2.45, 2.75) is 39.9 Å². The van der Waals surface area contributed by atoms with Gasteiger partial charge in [0.2, 0.25) is 0 Å². The van der Waals surface area contributed by atoms with Gasteiger partial charge >= 0.3 is 0 Å². The van der Waals surface area contributed by atoms with Crippen LogP contribution in [-0.2, 0) is 13.1 Å². The third-order valence-electron chi connectivity index (χ3n) is 3.16. The van der Waals surface area contributed by atoms with Crippen molar-refractivity contribution in [3.8, 4) is 0 Å². The van der Waals surface area contributed by atoms with E-state index < -0.39 is 0 Å². The summed E-state index contributed by atoms with van der Waals surface area (Å²) in [6, 6.07) is 8.18. The van der Waals surface area contributed by atoms with Gasteiger partial charge in [-0.3, -0.25) is 0 Å². The maximum absolute atomic E-state index is 6.21. The van der Waals surface area contributed by atoms with Crippen LogP contribution in [0, 0.1) is 6.92 Å². The van der Waals surface area contributed by atoms with Crippen molar-refractivity contribution < 1.29 is 4.42 Å². The maximum Gasteiger partial charge on any atom is 0.129 e. The number of anilines is 1. The Labute approximate surface area is 131 Å². The molecule has 0 aliphatic carbocycles. The molecule has 0 aromatic carbocycles. The summed E-state index contributed by atoms with van der Waals surface area (Å²) in [5.74, 6) is 2.73. The Morgan fingerprint density at radius 3 is 2.67 bits per heavy atom. The maximum atomic E-state index is 6.21. The molecular formula is C16H22ClN3O. The summed E-state index contributed by atoms with van der Waals surface area (Å²) in [6.07, 6.45) is 0. The summed E-state index contributed by atoms with van der Waals surface area (Å²) in [5, 5.41) is 4.03. The fourth-order valence-electron chi connectivity index (χ4n) is 2.00. The molecule has 4 nitrogen and oxygen atoms in total. The molecule has 0 aliphatic rings. The van der Waals surface area contributed by atoms with Crippen LogP contribution in [0.2, 0.25) is 5.02 Å². The lowest BCUT2D eigenvalue weighted by Gasteiger charge is -2.18. The van der Waals surface area contributed by atoms with Crippen LogP contribution < -0.4 is 10.2 Å².